The van der Waals surface area contributed by atoms with E-state index >= 15 is 0 Å². The van der Waals surface area contributed by atoms with Crippen molar-refractivity contribution in [2.24, 2.45) is 5.73 Å². The largest absolute Gasteiger partial charge is 0.480 e. The maximum Gasteiger partial charge on any atom is 0.319 e. The van der Waals surface area contributed by atoms with Gasteiger partial charge in [0.05, 0.1) is 25.5 Å². The number of amides is 1. The molecule has 9 heteroatoms. The molecule has 0 spiro atoms. The highest BCUT2D eigenvalue weighted by Crippen LogP contribution is 2.29. The minimum atomic E-state index is -0.667. The monoisotopic (exact) mass is 380 g/mol. The average Bonchev–Trinajstić information content (AvgIpc) is 2.73. The fraction of sp³-hybridized carbons (Fsp3) is 0.211. The van der Waals surface area contributed by atoms with Crippen molar-refractivity contribution in [3.05, 3.63) is 53.9 Å². The van der Waals surface area contributed by atoms with E-state index in [2.05, 4.69) is 25.5 Å². The van der Waals surface area contributed by atoms with Crippen LogP contribution in [0.25, 0.3) is 11.3 Å². The fourth-order valence-corrected chi connectivity index (χ4v) is 2.61. The lowest BCUT2D eigenvalue weighted by molar-refractivity contribution is 0.0995. The Morgan fingerprint density at radius 3 is 2.61 bits per heavy atom. The van der Waals surface area contributed by atoms with Crippen molar-refractivity contribution in [3.63, 3.8) is 0 Å². The van der Waals surface area contributed by atoms with Gasteiger partial charge in [0.2, 0.25) is 5.88 Å². The highest BCUT2D eigenvalue weighted by molar-refractivity contribution is 5.96. The van der Waals surface area contributed by atoms with Gasteiger partial charge in [0.25, 0.3) is 5.91 Å². The number of nitrogens with two attached hydrogens (primary N) is 1. The summed E-state index contributed by atoms with van der Waals surface area (Å²) >= 11 is 0. The van der Waals surface area contributed by atoms with Crippen LogP contribution in [0.15, 0.2) is 42.6 Å². The van der Waals surface area contributed by atoms with Gasteiger partial charge in [0, 0.05) is 12.7 Å². The first-order chi connectivity index (χ1) is 13.6. The summed E-state index contributed by atoms with van der Waals surface area (Å²) in [5, 5.41) is 11.2. The summed E-state index contributed by atoms with van der Waals surface area (Å²) < 4.78 is 10.3. The van der Waals surface area contributed by atoms with Gasteiger partial charge in [-0.25, -0.2) is 4.98 Å². The number of nitrogens with zero attached hydrogens (tertiary/aromatic N) is 4. The van der Waals surface area contributed by atoms with Crippen LogP contribution in [-0.4, -0.2) is 46.8 Å². The molecule has 0 saturated heterocycles. The number of methoxy groups -OCH3 is 2. The summed E-state index contributed by atoms with van der Waals surface area (Å²) in [6.07, 6.45) is 2.29. The van der Waals surface area contributed by atoms with Crippen molar-refractivity contribution in [1.29, 1.82) is 0 Å². The second-order valence-electron chi connectivity index (χ2n) is 5.80. The maximum absolute atomic E-state index is 11.7. The van der Waals surface area contributed by atoms with Crippen molar-refractivity contribution in [2.45, 2.75) is 6.42 Å². The molecule has 0 aliphatic heterocycles. The van der Waals surface area contributed by atoms with Crippen LogP contribution in [0.2, 0.25) is 0 Å². The summed E-state index contributed by atoms with van der Waals surface area (Å²) in [5.74, 6) is -0.387. The van der Waals surface area contributed by atoms with Crippen LogP contribution in [0.3, 0.4) is 0 Å². The number of rotatable bonds is 8. The van der Waals surface area contributed by atoms with Crippen LogP contribution in [-0.2, 0) is 6.42 Å². The van der Waals surface area contributed by atoms with Crippen molar-refractivity contribution >= 4 is 11.6 Å². The minimum Gasteiger partial charge on any atom is -0.480 e. The first-order valence-corrected chi connectivity index (χ1v) is 8.53. The van der Waals surface area contributed by atoms with E-state index in [1.54, 1.807) is 6.07 Å². The zero-order valence-corrected chi connectivity index (χ0v) is 15.5. The highest BCUT2D eigenvalue weighted by Gasteiger charge is 2.17. The van der Waals surface area contributed by atoms with E-state index in [9.17, 15) is 4.79 Å². The van der Waals surface area contributed by atoms with Gasteiger partial charge in [-0.2, -0.15) is 4.98 Å². The first-order valence-electron chi connectivity index (χ1n) is 8.53. The molecule has 1 amide bonds. The molecular weight excluding hydrogens is 360 g/mol. The lowest BCUT2D eigenvalue weighted by Gasteiger charge is -2.12. The van der Waals surface area contributed by atoms with Crippen molar-refractivity contribution < 1.29 is 14.3 Å². The summed E-state index contributed by atoms with van der Waals surface area (Å²) in [4.78, 5) is 19.9. The number of carbonyl (C=O) groups excluding carboxylic acids is 1. The van der Waals surface area contributed by atoms with E-state index < -0.39 is 5.91 Å². The summed E-state index contributed by atoms with van der Waals surface area (Å²) in [6, 6.07) is 11.8. The van der Waals surface area contributed by atoms with E-state index in [0.717, 1.165) is 6.42 Å². The molecule has 0 aliphatic rings. The topological polar surface area (TPSA) is 125 Å². The number of hydrogen-bond acceptors (Lipinski definition) is 8. The summed E-state index contributed by atoms with van der Waals surface area (Å²) in [6.45, 7) is 0.589. The molecule has 0 unspecified atom stereocenters. The van der Waals surface area contributed by atoms with Crippen LogP contribution >= 0.6 is 0 Å². The number of carbonyl (C=O) groups is 1. The Hall–Kier alpha value is -3.75. The third kappa shape index (κ3) is 4.32. The number of ether oxygens (including phenoxy) is 2. The first kappa shape index (κ1) is 19.0. The number of aromatic nitrogens is 4. The molecule has 9 nitrogen and oxygen atoms in total. The van der Waals surface area contributed by atoms with E-state index in [1.165, 1.54) is 26.0 Å². The molecule has 1 aromatic carbocycles. The summed E-state index contributed by atoms with van der Waals surface area (Å²) in [7, 11) is 2.94. The molecule has 144 valence electrons. The standard InChI is InChI=1S/C19H20N6O3/c1-27-18-13(11-22-19(23-18)28-2)14-10-15(16(17(20)26)25-24-14)21-9-8-12-6-4-3-5-7-12/h3-7,10-11H,8-9H2,1-2H3,(H2,20,26)(H,21,24). The van der Waals surface area contributed by atoms with Gasteiger partial charge in [-0.05, 0) is 18.1 Å². The van der Waals surface area contributed by atoms with E-state index in [0.29, 0.717) is 23.5 Å². The number of nitrogens with one attached hydrogen (secondary N) is 1. The number of primary amides is 1. The molecule has 2 heterocycles. The van der Waals surface area contributed by atoms with Gasteiger partial charge in [-0.1, -0.05) is 30.3 Å². The normalized spacial score (nSPS) is 10.4. The molecule has 0 bridgehead atoms. The molecule has 2 aromatic heterocycles. The van der Waals surface area contributed by atoms with Crippen molar-refractivity contribution in [3.8, 4) is 23.1 Å². The zero-order valence-electron chi connectivity index (χ0n) is 15.5. The number of anilines is 1. The van der Waals surface area contributed by atoms with Gasteiger partial charge in [-0.3, -0.25) is 4.79 Å². The molecule has 0 aliphatic carbocycles. The Morgan fingerprint density at radius 2 is 1.93 bits per heavy atom. The molecule has 28 heavy (non-hydrogen) atoms. The molecule has 0 radical (unpaired) electrons. The van der Waals surface area contributed by atoms with E-state index in [1.807, 2.05) is 30.3 Å². The third-order valence-electron chi connectivity index (χ3n) is 3.98. The number of hydrogen-bond donors (Lipinski definition) is 2. The lowest BCUT2D eigenvalue weighted by Crippen LogP contribution is -2.18. The molecule has 3 N–H and O–H groups in total. The fourth-order valence-electron chi connectivity index (χ4n) is 2.61. The van der Waals surface area contributed by atoms with Gasteiger partial charge in [0.1, 0.15) is 5.69 Å². The second kappa shape index (κ2) is 8.76. The predicted molar refractivity (Wildman–Crippen MR) is 103 cm³/mol. The Kier molecular flexibility index (Phi) is 5.95. The van der Waals surface area contributed by atoms with Crippen LogP contribution in [0.4, 0.5) is 5.69 Å². The van der Waals surface area contributed by atoms with Gasteiger partial charge in [-0.15, -0.1) is 10.2 Å². The SMILES string of the molecule is COc1ncc(-c2cc(NCCc3ccccc3)c(C(N)=O)nn2)c(OC)n1. The minimum absolute atomic E-state index is 0.0604. The second-order valence-corrected chi connectivity index (χ2v) is 5.80. The van der Waals surface area contributed by atoms with Gasteiger partial charge >= 0.3 is 6.01 Å². The van der Waals surface area contributed by atoms with Crippen LogP contribution in [0, 0.1) is 0 Å². The van der Waals surface area contributed by atoms with Crippen LogP contribution < -0.4 is 20.5 Å². The van der Waals surface area contributed by atoms with Crippen LogP contribution in [0.5, 0.6) is 11.9 Å². The Balaban J connectivity index is 1.88. The van der Waals surface area contributed by atoms with E-state index in [4.69, 9.17) is 15.2 Å². The maximum atomic E-state index is 11.7. The summed E-state index contributed by atoms with van der Waals surface area (Å²) in [5.41, 5.74) is 8.09. The smallest absolute Gasteiger partial charge is 0.319 e. The Bertz CT molecular complexity index is 965. The van der Waals surface area contributed by atoms with Crippen molar-refractivity contribution in [2.75, 3.05) is 26.1 Å². The highest BCUT2D eigenvalue weighted by atomic mass is 16.5. The van der Waals surface area contributed by atoms with Crippen LogP contribution in [0.1, 0.15) is 16.1 Å². The molecular formula is C19H20N6O3. The van der Waals surface area contributed by atoms with Crippen molar-refractivity contribution in [1.82, 2.24) is 20.2 Å². The molecule has 0 atom stereocenters. The van der Waals surface area contributed by atoms with E-state index in [-0.39, 0.29) is 17.6 Å². The van der Waals surface area contributed by atoms with Gasteiger partial charge < -0.3 is 20.5 Å². The quantitative estimate of drug-likeness (QED) is 0.605. The predicted octanol–water partition coefficient (Wildman–Crippen LogP) is 1.70. The molecule has 0 saturated carbocycles. The Morgan fingerprint density at radius 1 is 1.14 bits per heavy atom. The Labute approximate surface area is 161 Å². The zero-order chi connectivity index (χ0) is 19.9. The molecule has 0 fully saturated rings. The lowest BCUT2D eigenvalue weighted by atomic mass is 10.1. The third-order valence-corrected chi connectivity index (χ3v) is 3.98. The number of benzene rings is 1. The molecule has 3 rings (SSSR count). The molecule has 3 aromatic rings. The average molecular weight is 380 g/mol. The van der Waals surface area contributed by atoms with Gasteiger partial charge in [0.15, 0.2) is 5.69 Å².